The van der Waals surface area contributed by atoms with Crippen LogP contribution < -0.4 is 0 Å². The zero-order valence-corrected chi connectivity index (χ0v) is 19.6. The van der Waals surface area contributed by atoms with Crippen LogP contribution in [0.2, 0.25) is 5.02 Å². The van der Waals surface area contributed by atoms with Gasteiger partial charge in [0.15, 0.2) is 17.1 Å². The highest BCUT2D eigenvalue weighted by atomic mass is 35.5. The number of aromatic nitrogens is 3. The van der Waals surface area contributed by atoms with E-state index in [1.54, 1.807) is 41.0 Å². The van der Waals surface area contributed by atoms with Gasteiger partial charge in [-0.15, -0.1) is 10.2 Å². The molecule has 34 heavy (non-hydrogen) atoms. The highest BCUT2D eigenvalue weighted by Gasteiger charge is 2.22. The second-order valence-electron chi connectivity index (χ2n) is 7.25. The molecule has 0 N–H and O–H groups in total. The van der Waals surface area contributed by atoms with E-state index in [1.807, 2.05) is 30.3 Å². The molecule has 0 saturated carbocycles. The molecule has 1 unspecified atom stereocenters. The van der Waals surface area contributed by atoms with Gasteiger partial charge in [-0.2, -0.15) is 0 Å². The van der Waals surface area contributed by atoms with E-state index < -0.39 is 17.9 Å². The zero-order chi connectivity index (χ0) is 24.1. The third-order valence-electron chi connectivity index (χ3n) is 4.87. The van der Waals surface area contributed by atoms with Crippen LogP contribution in [0.25, 0.3) is 17.1 Å². The van der Waals surface area contributed by atoms with E-state index >= 15 is 0 Å². The lowest BCUT2D eigenvalue weighted by Crippen LogP contribution is -2.25. The van der Waals surface area contributed by atoms with Crippen molar-refractivity contribution in [2.24, 2.45) is 0 Å². The van der Waals surface area contributed by atoms with Crippen LogP contribution in [0.15, 0.2) is 84.0 Å². The first-order valence-electron chi connectivity index (χ1n) is 10.3. The van der Waals surface area contributed by atoms with Crippen molar-refractivity contribution in [2.75, 3.05) is 5.75 Å². The molecule has 1 aromatic heterocycles. The van der Waals surface area contributed by atoms with E-state index in [4.69, 9.17) is 16.3 Å². The first kappa shape index (κ1) is 23.7. The number of carbonyl (C=O) groups excluding carboxylic acids is 2. The van der Waals surface area contributed by atoms with Gasteiger partial charge >= 0.3 is 5.97 Å². The second-order valence-corrected chi connectivity index (χ2v) is 8.63. The zero-order valence-electron chi connectivity index (χ0n) is 18.0. The Kier molecular flexibility index (Phi) is 7.40. The lowest BCUT2D eigenvalue weighted by molar-refractivity contribution is -0.143. The predicted octanol–water partition coefficient (Wildman–Crippen LogP) is 5.63. The van der Waals surface area contributed by atoms with Gasteiger partial charge in [0.1, 0.15) is 5.82 Å². The van der Waals surface area contributed by atoms with Crippen LogP contribution in [0, 0.1) is 5.82 Å². The molecule has 0 aliphatic heterocycles. The van der Waals surface area contributed by atoms with Crippen molar-refractivity contribution in [3.63, 3.8) is 0 Å². The quantitative estimate of drug-likeness (QED) is 0.179. The van der Waals surface area contributed by atoms with Gasteiger partial charge in [0.05, 0.1) is 11.3 Å². The average Bonchev–Trinajstić information content (AvgIpc) is 3.26. The van der Waals surface area contributed by atoms with Gasteiger partial charge < -0.3 is 4.74 Å². The third-order valence-corrected chi connectivity index (χ3v) is 6.01. The molecule has 9 heteroatoms. The van der Waals surface area contributed by atoms with Crippen LogP contribution in [-0.2, 0) is 9.53 Å². The molecule has 0 amide bonds. The van der Waals surface area contributed by atoms with Gasteiger partial charge in [0.25, 0.3) is 0 Å². The molecule has 3 aromatic carbocycles. The van der Waals surface area contributed by atoms with Crippen molar-refractivity contribution in [1.29, 1.82) is 0 Å². The van der Waals surface area contributed by atoms with Crippen molar-refractivity contribution < 1.29 is 18.7 Å². The number of nitrogens with zero attached hydrogens (tertiary/aromatic N) is 3. The van der Waals surface area contributed by atoms with Gasteiger partial charge in [-0.05, 0) is 43.3 Å². The molecule has 4 rings (SSSR count). The normalized spacial score (nSPS) is 11.7. The number of para-hydroxylation sites is 1. The molecule has 0 fully saturated rings. The Morgan fingerprint density at radius 3 is 2.50 bits per heavy atom. The van der Waals surface area contributed by atoms with E-state index in [1.165, 1.54) is 19.1 Å². The lowest BCUT2D eigenvalue weighted by atomic mass is 10.1. The number of carbonyl (C=O) groups is 2. The largest absolute Gasteiger partial charge is 0.454 e. The number of thioether (sulfide) groups is 1. The van der Waals surface area contributed by atoms with Crippen molar-refractivity contribution in [1.82, 2.24) is 14.8 Å². The van der Waals surface area contributed by atoms with Gasteiger partial charge in [-0.1, -0.05) is 65.8 Å². The van der Waals surface area contributed by atoms with E-state index in [0.29, 0.717) is 27.3 Å². The van der Waals surface area contributed by atoms with Gasteiger partial charge in [0, 0.05) is 16.3 Å². The molecule has 0 spiro atoms. The number of ether oxygens (including phenoxy) is 1. The van der Waals surface area contributed by atoms with Crippen molar-refractivity contribution in [2.45, 2.75) is 18.2 Å². The summed E-state index contributed by atoms with van der Waals surface area (Å²) >= 11 is 7.02. The van der Waals surface area contributed by atoms with E-state index in [9.17, 15) is 14.0 Å². The monoisotopic (exact) mass is 495 g/mol. The molecule has 0 bridgehead atoms. The molecular formula is C25H19ClFN3O3S. The number of hydrogen-bond donors (Lipinski definition) is 0. The summed E-state index contributed by atoms with van der Waals surface area (Å²) in [7, 11) is 0. The van der Waals surface area contributed by atoms with Crippen molar-refractivity contribution in [3.8, 4) is 17.1 Å². The maximum absolute atomic E-state index is 14.5. The third kappa shape index (κ3) is 5.35. The number of ketones is 1. The number of Topliss-reactive ketones (excluding diaryl/α,β-unsaturated/α-hetero) is 1. The molecule has 1 heterocycles. The Labute approximate surface area is 204 Å². The van der Waals surface area contributed by atoms with Crippen molar-refractivity contribution >= 4 is 35.1 Å². The van der Waals surface area contributed by atoms with Crippen LogP contribution >= 0.6 is 23.4 Å². The summed E-state index contributed by atoms with van der Waals surface area (Å²) in [5.74, 6) is -1.19. The summed E-state index contributed by atoms with van der Waals surface area (Å²) in [6, 6.07) is 21.9. The minimum absolute atomic E-state index is 0.116. The molecular weight excluding hydrogens is 477 g/mol. The maximum Gasteiger partial charge on any atom is 0.317 e. The number of rotatable bonds is 8. The smallest absolute Gasteiger partial charge is 0.317 e. The number of halogens is 2. The summed E-state index contributed by atoms with van der Waals surface area (Å²) in [4.78, 5) is 25.0. The first-order valence-corrected chi connectivity index (χ1v) is 11.7. The van der Waals surface area contributed by atoms with Gasteiger partial charge in [0.2, 0.25) is 5.78 Å². The number of benzene rings is 3. The minimum Gasteiger partial charge on any atom is -0.454 e. The second kappa shape index (κ2) is 10.6. The highest BCUT2D eigenvalue weighted by molar-refractivity contribution is 7.99. The molecule has 1 atom stereocenters. The molecule has 0 aliphatic rings. The van der Waals surface area contributed by atoms with E-state index in [2.05, 4.69) is 10.2 Å². The van der Waals surface area contributed by atoms with E-state index in [0.717, 1.165) is 11.8 Å². The van der Waals surface area contributed by atoms with Gasteiger partial charge in [-0.3, -0.25) is 14.2 Å². The van der Waals surface area contributed by atoms with Gasteiger partial charge in [-0.25, -0.2) is 4.39 Å². The molecule has 4 aromatic rings. The SMILES string of the molecule is CC(OC(=O)CSc1nnc(-c2ccccc2F)n1-c1ccccc1)C(=O)c1cccc(Cl)c1. The standard InChI is InChI=1S/C25H19ClFN3O3S/c1-16(23(32)17-8-7-9-18(26)14-17)33-22(31)15-34-25-29-28-24(20-12-5-6-13-21(20)27)30(25)19-10-3-2-4-11-19/h2-14,16H,15H2,1H3. The fourth-order valence-corrected chi connectivity index (χ4v) is 4.20. The van der Waals surface area contributed by atoms with Crippen LogP contribution in [0.4, 0.5) is 4.39 Å². The van der Waals surface area contributed by atoms with Crippen LogP contribution in [0.1, 0.15) is 17.3 Å². The fourth-order valence-electron chi connectivity index (χ4n) is 3.27. The Hall–Kier alpha value is -3.49. The highest BCUT2D eigenvalue weighted by Crippen LogP contribution is 2.29. The molecule has 0 radical (unpaired) electrons. The summed E-state index contributed by atoms with van der Waals surface area (Å²) in [5, 5.41) is 9.15. The summed E-state index contributed by atoms with van der Waals surface area (Å²) in [6.07, 6.45) is -0.979. The Balaban J connectivity index is 1.51. The number of hydrogen-bond acceptors (Lipinski definition) is 6. The predicted molar refractivity (Wildman–Crippen MR) is 129 cm³/mol. The van der Waals surface area contributed by atoms with Crippen LogP contribution in [0.3, 0.4) is 0 Å². The Morgan fingerprint density at radius 1 is 1.03 bits per heavy atom. The topological polar surface area (TPSA) is 74.1 Å². The minimum atomic E-state index is -0.979. The van der Waals surface area contributed by atoms with E-state index in [-0.39, 0.29) is 17.1 Å². The molecule has 0 aliphatic carbocycles. The average molecular weight is 496 g/mol. The molecule has 0 saturated heterocycles. The summed E-state index contributed by atoms with van der Waals surface area (Å²) in [6.45, 7) is 1.51. The van der Waals surface area contributed by atoms with Crippen LogP contribution in [-0.4, -0.2) is 38.4 Å². The molecule has 172 valence electrons. The Morgan fingerprint density at radius 2 is 1.76 bits per heavy atom. The lowest BCUT2D eigenvalue weighted by Gasteiger charge is -2.13. The first-order chi connectivity index (χ1) is 16.4. The summed E-state index contributed by atoms with van der Waals surface area (Å²) < 4.78 is 21.5. The fraction of sp³-hybridized carbons (Fsp3) is 0.120. The molecule has 6 nitrogen and oxygen atoms in total. The van der Waals surface area contributed by atoms with Crippen molar-refractivity contribution in [3.05, 3.63) is 95.3 Å². The maximum atomic E-state index is 14.5. The van der Waals surface area contributed by atoms with Crippen LogP contribution in [0.5, 0.6) is 0 Å². The summed E-state index contributed by atoms with van der Waals surface area (Å²) in [5.41, 5.74) is 1.36. The number of esters is 1. The Bertz CT molecular complexity index is 1330.